The summed E-state index contributed by atoms with van der Waals surface area (Å²) in [6.45, 7) is 0. The molecule has 13 aromatic rings. The average Bonchev–Trinajstić information content (AvgIpc) is 3.67. The molecular weight excluding hydrogens is 765 g/mol. The smallest absolute Gasteiger partial charge is 0.164 e. The van der Waals surface area contributed by atoms with Gasteiger partial charge in [0.15, 0.2) is 17.5 Å². The van der Waals surface area contributed by atoms with Crippen molar-refractivity contribution in [3.05, 3.63) is 218 Å². The van der Waals surface area contributed by atoms with Crippen LogP contribution in [0.3, 0.4) is 0 Å². The topological polar surface area (TPSA) is 43.6 Å². The highest BCUT2D eigenvalue weighted by Gasteiger charge is 2.24. The van der Waals surface area contributed by atoms with Gasteiger partial charge in [-0.1, -0.05) is 182 Å². The van der Waals surface area contributed by atoms with Crippen LogP contribution < -0.4 is 0 Å². The van der Waals surface area contributed by atoms with Crippen LogP contribution in [-0.2, 0) is 0 Å². The molecule has 2 heterocycles. The van der Waals surface area contributed by atoms with Crippen LogP contribution in [0.1, 0.15) is 0 Å². The van der Waals surface area contributed by atoms with Crippen LogP contribution in [0.2, 0.25) is 0 Å². The molecule has 0 saturated heterocycles. The molecule has 0 amide bonds. The second kappa shape index (κ2) is 14.1. The minimum Gasteiger partial charge on any atom is -0.308 e. The number of hydrogen-bond acceptors (Lipinski definition) is 3. The van der Waals surface area contributed by atoms with Gasteiger partial charge in [-0.05, 0) is 90.4 Å². The van der Waals surface area contributed by atoms with E-state index in [2.05, 4.69) is 205 Å². The lowest BCUT2D eigenvalue weighted by molar-refractivity contribution is 1.08. The maximum Gasteiger partial charge on any atom is 0.164 e. The third kappa shape index (κ3) is 5.73. The average molecular weight is 801 g/mol. The zero-order chi connectivity index (χ0) is 41.4. The Bertz CT molecular complexity index is 3980. The van der Waals surface area contributed by atoms with Crippen LogP contribution in [0, 0.1) is 0 Å². The van der Waals surface area contributed by atoms with Crippen LogP contribution >= 0.6 is 0 Å². The van der Waals surface area contributed by atoms with Crippen molar-refractivity contribution in [2.45, 2.75) is 0 Å². The summed E-state index contributed by atoms with van der Waals surface area (Å²) >= 11 is 0. The quantitative estimate of drug-likeness (QED) is 0.174. The summed E-state index contributed by atoms with van der Waals surface area (Å²) in [6.07, 6.45) is 0. The van der Waals surface area contributed by atoms with Crippen molar-refractivity contribution < 1.29 is 0 Å². The van der Waals surface area contributed by atoms with E-state index in [4.69, 9.17) is 15.0 Å². The van der Waals surface area contributed by atoms with Crippen molar-refractivity contribution in [3.8, 4) is 51.0 Å². The minimum absolute atomic E-state index is 0.621. The number of nitrogens with zero attached hydrogens (tertiary/aromatic N) is 4. The molecule has 13 rings (SSSR count). The van der Waals surface area contributed by atoms with Crippen LogP contribution in [0.15, 0.2) is 218 Å². The van der Waals surface area contributed by atoms with Gasteiger partial charge in [0.25, 0.3) is 0 Å². The Morgan fingerprint density at radius 1 is 0.270 bits per heavy atom. The van der Waals surface area contributed by atoms with Crippen molar-refractivity contribution in [1.82, 2.24) is 19.5 Å². The molecule has 0 bridgehead atoms. The van der Waals surface area contributed by atoms with E-state index in [1.54, 1.807) is 0 Å². The van der Waals surface area contributed by atoms with Crippen molar-refractivity contribution in [1.29, 1.82) is 0 Å². The van der Waals surface area contributed by atoms with E-state index in [-0.39, 0.29) is 0 Å². The Morgan fingerprint density at radius 3 is 1.49 bits per heavy atom. The van der Waals surface area contributed by atoms with Crippen molar-refractivity contribution >= 4 is 75.7 Å². The summed E-state index contributed by atoms with van der Waals surface area (Å²) in [5, 5.41) is 14.2. The van der Waals surface area contributed by atoms with Gasteiger partial charge >= 0.3 is 0 Å². The molecule has 2 aromatic heterocycles. The summed E-state index contributed by atoms with van der Waals surface area (Å²) in [5.74, 6) is 1.88. The Hall–Kier alpha value is -8.47. The molecule has 0 unspecified atom stereocenters. The van der Waals surface area contributed by atoms with E-state index in [0.717, 1.165) is 60.7 Å². The Morgan fingerprint density at radius 2 is 0.778 bits per heavy atom. The maximum atomic E-state index is 5.37. The SMILES string of the molecule is c1ccc(-c2nc(-c3ccc4ccccc4c3)nc(-c3cc(-c4ccc5ccccc5c4)c(-n4c5cc6ccccc6cc5c5c6ccccc6ccc54)c4ccccc34)n2)cc1. The fourth-order valence-electron chi connectivity index (χ4n) is 9.75. The summed E-state index contributed by atoms with van der Waals surface area (Å²) < 4.78 is 2.52. The number of rotatable bonds is 5. The molecule has 0 atom stereocenters. The lowest BCUT2D eigenvalue weighted by Crippen LogP contribution is -2.03. The molecular formula is C59H36N4. The number of hydrogen-bond donors (Lipinski definition) is 0. The van der Waals surface area contributed by atoms with E-state index < -0.39 is 0 Å². The molecule has 0 radical (unpaired) electrons. The Labute approximate surface area is 363 Å². The predicted molar refractivity (Wildman–Crippen MR) is 263 cm³/mol. The zero-order valence-electron chi connectivity index (χ0n) is 34.1. The van der Waals surface area contributed by atoms with Crippen molar-refractivity contribution in [2.24, 2.45) is 0 Å². The second-order valence-corrected chi connectivity index (χ2v) is 16.4. The predicted octanol–water partition coefficient (Wildman–Crippen LogP) is 15.4. The van der Waals surface area contributed by atoms with Gasteiger partial charge in [-0.2, -0.15) is 0 Å². The highest BCUT2D eigenvalue weighted by molar-refractivity contribution is 6.24. The Balaban J connectivity index is 1.17. The van der Waals surface area contributed by atoms with Gasteiger partial charge in [0.05, 0.1) is 16.7 Å². The molecule has 11 aromatic carbocycles. The van der Waals surface area contributed by atoms with E-state index in [1.165, 1.54) is 48.5 Å². The molecule has 0 aliphatic rings. The monoisotopic (exact) mass is 800 g/mol. The summed E-state index contributed by atoms with van der Waals surface area (Å²) in [5.41, 5.74) is 8.44. The standard InChI is InChI=1S/C59H36N4/c1-2-17-40(18-3-1)57-60-58(46-29-27-38-15-5-7-20-42(38)33-46)62-59(61-57)51-36-50(45-28-26-37-14-4-6-19-41(37)32-45)56(49-25-13-12-24-48(49)51)63-53-31-30-39-16-10-11-23-47(39)55(53)52-34-43-21-8-9-22-44(43)35-54(52)63/h1-36H. The van der Waals surface area contributed by atoms with E-state index in [1.807, 2.05) is 18.2 Å². The molecule has 0 aliphatic heterocycles. The van der Waals surface area contributed by atoms with E-state index in [0.29, 0.717) is 17.5 Å². The summed E-state index contributed by atoms with van der Waals surface area (Å²) in [6, 6.07) is 78.4. The van der Waals surface area contributed by atoms with Crippen molar-refractivity contribution in [3.63, 3.8) is 0 Å². The molecule has 0 N–H and O–H groups in total. The first-order chi connectivity index (χ1) is 31.2. The lowest BCUT2D eigenvalue weighted by atomic mass is 9.92. The Kier molecular flexibility index (Phi) is 7.87. The number of benzene rings is 11. The van der Waals surface area contributed by atoms with Gasteiger partial charge in [0.1, 0.15) is 0 Å². The largest absolute Gasteiger partial charge is 0.308 e. The zero-order valence-corrected chi connectivity index (χ0v) is 34.1. The molecule has 4 nitrogen and oxygen atoms in total. The number of fused-ring (bicyclic) bond motifs is 9. The summed E-state index contributed by atoms with van der Waals surface area (Å²) in [7, 11) is 0. The third-order valence-corrected chi connectivity index (χ3v) is 12.7. The normalized spacial score (nSPS) is 11.8. The molecule has 0 aliphatic carbocycles. The second-order valence-electron chi connectivity index (χ2n) is 16.4. The van der Waals surface area contributed by atoms with Gasteiger partial charge in [0, 0.05) is 38.4 Å². The minimum atomic E-state index is 0.621. The van der Waals surface area contributed by atoms with Gasteiger partial charge in [0.2, 0.25) is 0 Å². The van der Waals surface area contributed by atoms with Crippen LogP contribution in [0.5, 0.6) is 0 Å². The van der Waals surface area contributed by atoms with E-state index in [9.17, 15) is 0 Å². The fourth-order valence-corrected chi connectivity index (χ4v) is 9.75. The third-order valence-electron chi connectivity index (χ3n) is 12.7. The highest BCUT2D eigenvalue weighted by atomic mass is 15.0. The number of aromatic nitrogens is 4. The fraction of sp³-hybridized carbons (Fsp3) is 0. The first kappa shape index (κ1) is 35.3. The van der Waals surface area contributed by atoms with Gasteiger partial charge < -0.3 is 4.57 Å². The molecule has 4 heteroatoms. The molecule has 0 fully saturated rings. The first-order valence-corrected chi connectivity index (χ1v) is 21.4. The van der Waals surface area contributed by atoms with Crippen LogP contribution in [0.4, 0.5) is 0 Å². The highest BCUT2D eigenvalue weighted by Crippen LogP contribution is 2.46. The van der Waals surface area contributed by atoms with Gasteiger partial charge in [-0.25, -0.2) is 15.0 Å². The molecule has 0 spiro atoms. The van der Waals surface area contributed by atoms with Gasteiger partial charge in [-0.15, -0.1) is 0 Å². The van der Waals surface area contributed by atoms with Crippen molar-refractivity contribution in [2.75, 3.05) is 0 Å². The maximum absolute atomic E-state index is 5.37. The molecule has 63 heavy (non-hydrogen) atoms. The lowest BCUT2D eigenvalue weighted by Gasteiger charge is -2.20. The first-order valence-electron chi connectivity index (χ1n) is 21.4. The summed E-state index contributed by atoms with van der Waals surface area (Å²) in [4.78, 5) is 15.9. The van der Waals surface area contributed by atoms with Crippen LogP contribution in [0.25, 0.3) is 127 Å². The van der Waals surface area contributed by atoms with Gasteiger partial charge in [-0.3, -0.25) is 0 Å². The molecule has 292 valence electrons. The van der Waals surface area contributed by atoms with E-state index >= 15 is 0 Å². The van der Waals surface area contributed by atoms with Crippen LogP contribution in [-0.4, -0.2) is 19.5 Å². The molecule has 0 saturated carbocycles.